The van der Waals surface area contributed by atoms with Crippen LogP contribution in [-0.4, -0.2) is 22.7 Å². The van der Waals surface area contributed by atoms with Gasteiger partial charge in [-0.1, -0.05) is 54.0 Å². The molecule has 0 spiro atoms. The van der Waals surface area contributed by atoms with Crippen LogP contribution in [0.4, 0.5) is 5.69 Å². The number of fused-ring (bicyclic) bond motifs is 1. The number of anilines is 1. The van der Waals surface area contributed by atoms with Crippen LogP contribution in [0.15, 0.2) is 64.0 Å². The number of aromatic hydroxyl groups is 1. The first-order chi connectivity index (χ1) is 12.9. The molecule has 6 heteroatoms. The summed E-state index contributed by atoms with van der Waals surface area (Å²) in [6.07, 6.45) is 0. The van der Waals surface area contributed by atoms with E-state index in [4.69, 9.17) is 0 Å². The third kappa shape index (κ3) is 4.39. The van der Waals surface area contributed by atoms with Gasteiger partial charge in [0.25, 0.3) is 0 Å². The van der Waals surface area contributed by atoms with E-state index in [1.54, 1.807) is 18.2 Å². The fourth-order valence-corrected chi connectivity index (χ4v) is 4.37. The highest BCUT2D eigenvalue weighted by Crippen LogP contribution is 2.39. The molecule has 0 amide bonds. The number of hydrogen-bond acceptors (Lipinski definition) is 4. The van der Waals surface area contributed by atoms with Gasteiger partial charge in [-0.3, -0.25) is 0 Å². The minimum atomic E-state index is -1.14. The number of carboxylic acid groups (broad SMARTS) is 1. The maximum Gasteiger partial charge on any atom is 0.339 e. The molecule has 0 atom stereocenters. The van der Waals surface area contributed by atoms with Gasteiger partial charge in [0.05, 0.1) is 0 Å². The Hall–Kier alpha value is -2.18. The van der Waals surface area contributed by atoms with Crippen molar-refractivity contribution in [1.82, 2.24) is 0 Å². The van der Waals surface area contributed by atoms with E-state index in [1.807, 2.05) is 36.4 Å². The molecule has 0 radical (unpaired) electrons. The summed E-state index contributed by atoms with van der Waals surface area (Å²) in [5.41, 5.74) is 0.947. The van der Waals surface area contributed by atoms with Gasteiger partial charge in [-0.2, -0.15) is 0 Å². The number of benzene rings is 3. The largest absolute Gasteiger partial charge is 0.506 e. The second-order valence-corrected chi connectivity index (χ2v) is 8.62. The summed E-state index contributed by atoms with van der Waals surface area (Å²) in [6, 6.07) is 16.9. The van der Waals surface area contributed by atoms with Crippen molar-refractivity contribution in [2.24, 2.45) is 5.92 Å². The molecular weight excluding hydrogens is 426 g/mol. The van der Waals surface area contributed by atoms with Crippen molar-refractivity contribution in [3.8, 4) is 5.75 Å². The highest BCUT2D eigenvalue weighted by Gasteiger charge is 2.19. The smallest absolute Gasteiger partial charge is 0.339 e. The summed E-state index contributed by atoms with van der Waals surface area (Å²) in [5, 5.41) is 21.2. The zero-order chi connectivity index (χ0) is 19.6. The number of nitrogens with zero attached hydrogens (tertiary/aromatic N) is 1. The first kappa shape index (κ1) is 19.6. The standard InChI is InChI=1S/C21H20BrNO3S/c1-13(2)12-23(15-9-7-14(22)8-10-15)27-19-11-18(21(25)26)20(24)17-6-4-3-5-16(17)19/h3-11,13,24H,12H2,1-2H3,(H,25,26). The summed E-state index contributed by atoms with van der Waals surface area (Å²) in [6.45, 7) is 5.08. The zero-order valence-electron chi connectivity index (χ0n) is 15.0. The summed E-state index contributed by atoms with van der Waals surface area (Å²) in [5.74, 6) is -0.913. The van der Waals surface area contributed by atoms with E-state index >= 15 is 0 Å². The molecule has 3 rings (SSSR count). The Bertz CT molecular complexity index is 973. The predicted molar refractivity (Wildman–Crippen MR) is 115 cm³/mol. The van der Waals surface area contributed by atoms with Crippen molar-refractivity contribution < 1.29 is 15.0 Å². The molecule has 140 valence electrons. The Morgan fingerprint density at radius 1 is 1.11 bits per heavy atom. The second-order valence-electron chi connectivity index (χ2n) is 6.64. The quantitative estimate of drug-likeness (QED) is 0.443. The lowest BCUT2D eigenvalue weighted by atomic mass is 10.1. The Kier molecular flexibility index (Phi) is 5.97. The molecule has 0 aromatic heterocycles. The van der Waals surface area contributed by atoms with Crippen LogP contribution in [0.1, 0.15) is 24.2 Å². The van der Waals surface area contributed by atoms with E-state index in [0.717, 1.165) is 27.0 Å². The van der Waals surface area contributed by atoms with Crippen LogP contribution in [0.3, 0.4) is 0 Å². The minimum absolute atomic E-state index is 0.0866. The van der Waals surface area contributed by atoms with Crippen LogP contribution < -0.4 is 4.31 Å². The number of carboxylic acids is 1. The second kappa shape index (κ2) is 8.23. The van der Waals surface area contributed by atoms with Gasteiger partial charge in [0.15, 0.2) is 0 Å². The number of hydrogen-bond donors (Lipinski definition) is 2. The van der Waals surface area contributed by atoms with Crippen molar-refractivity contribution in [2.75, 3.05) is 10.8 Å². The number of rotatable bonds is 6. The fraction of sp³-hybridized carbons (Fsp3) is 0.190. The number of phenols is 1. The fourth-order valence-electron chi connectivity index (χ4n) is 2.82. The van der Waals surface area contributed by atoms with Crippen LogP contribution >= 0.6 is 27.9 Å². The predicted octanol–water partition coefficient (Wildman–Crippen LogP) is 6.18. The Balaban J connectivity index is 2.10. The molecular formula is C21H20BrNO3S. The van der Waals surface area contributed by atoms with E-state index in [-0.39, 0.29) is 11.3 Å². The average molecular weight is 446 g/mol. The molecule has 4 nitrogen and oxygen atoms in total. The highest BCUT2D eigenvalue weighted by molar-refractivity contribution is 9.10. The maximum absolute atomic E-state index is 11.6. The molecule has 2 N–H and O–H groups in total. The van der Waals surface area contributed by atoms with Gasteiger partial charge in [-0.25, -0.2) is 4.79 Å². The lowest BCUT2D eigenvalue weighted by Gasteiger charge is -2.26. The van der Waals surface area contributed by atoms with Crippen LogP contribution in [0, 0.1) is 5.92 Å². The van der Waals surface area contributed by atoms with Gasteiger partial charge in [-0.05, 0) is 48.2 Å². The maximum atomic E-state index is 11.6. The SMILES string of the molecule is CC(C)CN(Sc1cc(C(=O)O)c(O)c2ccccc12)c1ccc(Br)cc1. The van der Waals surface area contributed by atoms with Crippen molar-refractivity contribution in [3.63, 3.8) is 0 Å². The molecule has 0 aliphatic carbocycles. The topological polar surface area (TPSA) is 60.8 Å². The van der Waals surface area contributed by atoms with Gasteiger partial charge in [0.1, 0.15) is 11.3 Å². The molecule has 27 heavy (non-hydrogen) atoms. The minimum Gasteiger partial charge on any atom is -0.506 e. The van der Waals surface area contributed by atoms with Crippen LogP contribution in [0.25, 0.3) is 10.8 Å². The molecule has 0 aliphatic heterocycles. The van der Waals surface area contributed by atoms with Crippen LogP contribution in [0.2, 0.25) is 0 Å². The highest BCUT2D eigenvalue weighted by atomic mass is 79.9. The molecule has 0 unspecified atom stereocenters. The molecule has 0 heterocycles. The lowest BCUT2D eigenvalue weighted by Crippen LogP contribution is -2.20. The Labute approximate surface area is 171 Å². The summed E-state index contributed by atoms with van der Waals surface area (Å²) >= 11 is 4.95. The van der Waals surface area contributed by atoms with E-state index in [1.165, 1.54) is 11.9 Å². The van der Waals surface area contributed by atoms with Crippen molar-refractivity contribution >= 4 is 50.3 Å². The van der Waals surface area contributed by atoms with Crippen LogP contribution in [-0.2, 0) is 0 Å². The van der Waals surface area contributed by atoms with E-state index in [9.17, 15) is 15.0 Å². The number of aromatic carboxylic acids is 1. The third-order valence-corrected chi connectivity index (χ3v) is 5.71. The molecule has 0 bridgehead atoms. The number of halogens is 1. The van der Waals surface area contributed by atoms with Gasteiger partial charge >= 0.3 is 5.97 Å². The zero-order valence-corrected chi connectivity index (χ0v) is 17.4. The van der Waals surface area contributed by atoms with Gasteiger partial charge in [0.2, 0.25) is 0 Å². The van der Waals surface area contributed by atoms with E-state index in [2.05, 4.69) is 34.1 Å². The van der Waals surface area contributed by atoms with Gasteiger partial charge in [0, 0.05) is 32.4 Å². The molecule has 3 aromatic rings. The molecule has 0 aliphatic rings. The van der Waals surface area contributed by atoms with Crippen molar-refractivity contribution in [3.05, 3.63) is 64.6 Å². The normalized spacial score (nSPS) is 11.1. The molecule has 0 fully saturated rings. The van der Waals surface area contributed by atoms with E-state index < -0.39 is 5.97 Å². The molecule has 0 saturated carbocycles. The molecule has 0 saturated heterocycles. The van der Waals surface area contributed by atoms with Crippen LogP contribution in [0.5, 0.6) is 5.75 Å². The van der Waals surface area contributed by atoms with E-state index in [0.29, 0.717) is 11.3 Å². The van der Waals surface area contributed by atoms with Gasteiger partial charge in [-0.15, -0.1) is 0 Å². The third-order valence-electron chi connectivity index (χ3n) is 4.06. The molecule has 3 aromatic carbocycles. The van der Waals surface area contributed by atoms with Crippen molar-refractivity contribution in [2.45, 2.75) is 18.7 Å². The summed E-state index contributed by atoms with van der Waals surface area (Å²) < 4.78 is 3.16. The first-order valence-electron chi connectivity index (χ1n) is 8.56. The Morgan fingerprint density at radius 3 is 2.33 bits per heavy atom. The first-order valence-corrected chi connectivity index (χ1v) is 10.1. The Morgan fingerprint density at radius 2 is 1.74 bits per heavy atom. The van der Waals surface area contributed by atoms with Crippen molar-refractivity contribution in [1.29, 1.82) is 0 Å². The summed E-state index contributed by atoms with van der Waals surface area (Å²) in [4.78, 5) is 12.4. The number of carbonyl (C=O) groups is 1. The average Bonchev–Trinajstić information content (AvgIpc) is 2.63. The summed E-state index contributed by atoms with van der Waals surface area (Å²) in [7, 11) is 0. The monoisotopic (exact) mass is 445 g/mol. The lowest BCUT2D eigenvalue weighted by molar-refractivity contribution is 0.0694. The van der Waals surface area contributed by atoms with Gasteiger partial charge < -0.3 is 14.5 Å².